The van der Waals surface area contributed by atoms with Crippen molar-refractivity contribution in [3.8, 4) is 0 Å². The number of nitro benzene ring substituents is 1. The minimum atomic E-state index is -4.21. The van der Waals surface area contributed by atoms with Crippen LogP contribution in [0.15, 0.2) is 12.1 Å². The van der Waals surface area contributed by atoms with Crippen LogP contribution in [0.1, 0.15) is 19.3 Å². The van der Waals surface area contributed by atoms with Crippen molar-refractivity contribution in [2.45, 2.75) is 25.4 Å². The third kappa shape index (κ3) is 5.47. The summed E-state index contributed by atoms with van der Waals surface area (Å²) in [7, 11) is 0. The molecule has 0 amide bonds. The molecule has 0 aliphatic carbocycles. The van der Waals surface area contributed by atoms with Crippen LogP contribution in [0.25, 0.3) is 0 Å². The fourth-order valence-electron chi connectivity index (χ4n) is 1.50. The number of benzene rings is 1. The van der Waals surface area contributed by atoms with E-state index < -0.39 is 23.3 Å². The van der Waals surface area contributed by atoms with Crippen LogP contribution in [0.4, 0.5) is 28.9 Å². The number of anilines is 1. The molecule has 0 aromatic heterocycles. The van der Waals surface area contributed by atoms with Gasteiger partial charge in [0.2, 0.25) is 0 Å². The minimum absolute atomic E-state index is 0.0278. The molecule has 0 aliphatic rings. The number of alkyl halides is 3. The van der Waals surface area contributed by atoms with Crippen molar-refractivity contribution in [2.24, 2.45) is 0 Å². The maximum Gasteiger partial charge on any atom is 0.389 e. The van der Waals surface area contributed by atoms with E-state index in [0.717, 1.165) is 12.1 Å². The van der Waals surface area contributed by atoms with Gasteiger partial charge in [-0.3, -0.25) is 10.1 Å². The summed E-state index contributed by atoms with van der Waals surface area (Å²) in [6.45, 7) is 0.108. The first-order valence-electron chi connectivity index (χ1n) is 5.65. The molecule has 9 heteroatoms. The molecule has 1 rings (SSSR count). The van der Waals surface area contributed by atoms with Crippen LogP contribution in [0.2, 0.25) is 0 Å². The standard InChI is InChI=1S/C11H11F4IN2O2/c12-7-5-9(10(18(19)20)6-8(7)16)17-4-2-1-3-11(13,14)15/h5-6,17H,1-4H2. The molecule has 0 unspecified atom stereocenters. The second-order valence-corrected chi connectivity index (χ2v) is 5.20. The summed E-state index contributed by atoms with van der Waals surface area (Å²) in [4.78, 5) is 10.1. The predicted molar refractivity (Wildman–Crippen MR) is 74.2 cm³/mol. The first kappa shape index (κ1) is 16.9. The van der Waals surface area contributed by atoms with Gasteiger partial charge in [0.25, 0.3) is 5.69 Å². The number of unbranched alkanes of at least 4 members (excludes halogenated alkanes) is 1. The first-order valence-corrected chi connectivity index (χ1v) is 6.72. The second kappa shape index (κ2) is 7.04. The lowest BCUT2D eigenvalue weighted by atomic mass is 10.2. The van der Waals surface area contributed by atoms with Crippen molar-refractivity contribution in [2.75, 3.05) is 11.9 Å². The van der Waals surface area contributed by atoms with Gasteiger partial charge in [-0.25, -0.2) is 4.39 Å². The van der Waals surface area contributed by atoms with E-state index in [1.807, 2.05) is 0 Å². The molecule has 1 N–H and O–H groups in total. The summed E-state index contributed by atoms with van der Waals surface area (Å²) in [6.07, 6.45) is -5.01. The number of halogens is 5. The van der Waals surface area contributed by atoms with Gasteiger partial charge in [0.1, 0.15) is 11.5 Å². The molecule has 112 valence electrons. The fraction of sp³-hybridized carbons (Fsp3) is 0.455. The Balaban J connectivity index is 2.59. The molecule has 0 saturated heterocycles. The topological polar surface area (TPSA) is 55.2 Å². The van der Waals surface area contributed by atoms with Gasteiger partial charge in [-0.05, 0) is 35.4 Å². The Morgan fingerprint density at radius 2 is 1.95 bits per heavy atom. The Bertz CT molecular complexity index is 494. The minimum Gasteiger partial charge on any atom is -0.379 e. The molecular formula is C11H11F4IN2O2. The predicted octanol–water partition coefficient (Wildman–Crippen LogP) is 4.48. The number of nitrogens with one attached hydrogen (secondary N) is 1. The number of rotatable bonds is 6. The third-order valence-electron chi connectivity index (χ3n) is 2.44. The highest BCUT2D eigenvalue weighted by Gasteiger charge is 2.25. The molecule has 1 aromatic carbocycles. The summed E-state index contributed by atoms with van der Waals surface area (Å²) in [5, 5.41) is 13.4. The Hall–Kier alpha value is -1.13. The number of nitro groups is 1. The number of hydrogen-bond acceptors (Lipinski definition) is 3. The average Bonchev–Trinajstić information content (AvgIpc) is 2.31. The summed E-state index contributed by atoms with van der Waals surface area (Å²) in [6, 6.07) is 2.05. The maximum atomic E-state index is 13.3. The van der Waals surface area contributed by atoms with E-state index in [1.54, 1.807) is 22.6 Å². The quantitative estimate of drug-likeness (QED) is 0.249. The van der Waals surface area contributed by atoms with Crippen LogP contribution >= 0.6 is 22.6 Å². The Kier molecular flexibility index (Phi) is 5.96. The molecule has 4 nitrogen and oxygen atoms in total. The van der Waals surface area contributed by atoms with Gasteiger partial charge in [0.05, 0.1) is 8.49 Å². The number of hydrogen-bond donors (Lipinski definition) is 1. The van der Waals surface area contributed by atoms with Gasteiger partial charge in [-0.1, -0.05) is 0 Å². The Morgan fingerprint density at radius 1 is 1.30 bits per heavy atom. The van der Waals surface area contributed by atoms with E-state index in [9.17, 15) is 27.7 Å². The summed E-state index contributed by atoms with van der Waals surface area (Å²) < 4.78 is 49.2. The first-order chi connectivity index (χ1) is 9.20. The van der Waals surface area contributed by atoms with Gasteiger partial charge in [0, 0.05) is 25.1 Å². The van der Waals surface area contributed by atoms with E-state index in [4.69, 9.17) is 0 Å². The zero-order chi connectivity index (χ0) is 15.3. The van der Waals surface area contributed by atoms with Crippen LogP contribution < -0.4 is 5.32 Å². The molecular weight excluding hydrogens is 395 g/mol. The van der Waals surface area contributed by atoms with E-state index >= 15 is 0 Å². The molecule has 0 bridgehead atoms. The van der Waals surface area contributed by atoms with E-state index in [-0.39, 0.29) is 34.3 Å². The zero-order valence-corrected chi connectivity index (χ0v) is 12.3. The van der Waals surface area contributed by atoms with Crippen LogP contribution in [-0.4, -0.2) is 17.6 Å². The van der Waals surface area contributed by atoms with Crippen molar-refractivity contribution < 1.29 is 22.5 Å². The molecule has 1 aromatic rings. The smallest absolute Gasteiger partial charge is 0.379 e. The SMILES string of the molecule is O=[N+]([O-])c1cc(I)c(F)cc1NCCCCC(F)(F)F. The van der Waals surface area contributed by atoms with Crippen LogP contribution in [0.3, 0.4) is 0 Å². The summed E-state index contributed by atoms with van der Waals surface area (Å²) in [5.74, 6) is -0.617. The lowest BCUT2D eigenvalue weighted by Crippen LogP contribution is -2.09. The van der Waals surface area contributed by atoms with Crippen molar-refractivity contribution in [3.63, 3.8) is 0 Å². The summed E-state index contributed by atoms with van der Waals surface area (Å²) in [5.41, 5.74) is -0.327. The third-order valence-corrected chi connectivity index (χ3v) is 3.26. The van der Waals surface area contributed by atoms with Gasteiger partial charge < -0.3 is 5.32 Å². The highest BCUT2D eigenvalue weighted by Crippen LogP contribution is 2.29. The molecule has 0 heterocycles. The van der Waals surface area contributed by atoms with Gasteiger partial charge in [0.15, 0.2) is 0 Å². The highest BCUT2D eigenvalue weighted by molar-refractivity contribution is 14.1. The van der Waals surface area contributed by atoms with E-state index in [1.165, 1.54) is 0 Å². The fourth-order valence-corrected chi connectivity index (χ4v) is 1.95. The van der Waals surface area contributed by atoms with Gasteiger partial charge in [-0.15, -0.1) is 0 Å². The normalized spacial score (nSPS) is 11.4. The lowest BCUT2D eigenvalue weighted by Gasteiger charge is -2.09. The van der Waals surface area contributed by atoms with Crippen LogP contribution in [0, 0.1) is 19.5 Å². The Labute approximate surface area is 125 Å². The molecule has 0 atom stereocenters. The molecule has 0 saturated carbocycles. The van der Waals surface area contributed by atoms with Crippen molar-refractivity contribution >= 4 is 34.0 Å². The molecule has 0 fully saturated rings. The number of nitrogens with zero attached hydrogens (tertiary/aromatic N) is 1. The average molecular weight is 406 g/mol. The molecule has 0 aliphatic heterocycles. The lowest BCUT2D eigenvalue weighted by molar-refractivity contribution is -0.384. The highest BCUT2D eigenvalue weighted by atomic mass is 127. The van der Waals surface area contributed by atoms with Crippen molar-refractivity contribution in [1.29, 1.82) is 0 Å². The van der Waals surface area contributed by atoms with Gasteiger partial charge in [-0.2, -0.15) is 13.2 Å². The van der Waals surface area contributed by atoms with E-state index in [0.29, 0.717) is 0 Å². The molecule has 0 spiro atoms. The largest absolute Gasteiger partial charge is 0.389 e. The van der Waals surface area contributed by atoms with Crippen molar-refractivity contribution in [1.82, 2.24) is 0 Å². The molecule has 20 heavy (non-hydrogen) atoms. The van der Waals surface area contributed by atoms with Crippen LogP contribution in [0.5, 0.6) is 0 Å². The maximum absolute atomic E-state index is 13.3. The Morgan fingerprint density at radius 3 is 2.50 bits per heavy atom. The molecule has 0 radical (unpaired) electrons. The van der Waals surface area contributed by atoms with E-state index in [2.05, 4.69) is 5.32 Å². The van der Waals surface area contributed by atoms with Crippen LogP contribution in [-0.2, 0) is 0 Å². The second-order valence-electron chi connectivity index (χ2n) is 4.04. The summed E-state index contributed by atoms with van der Waals surface area (Å²) >= 11 is 1.63. The van der Waals surface area contributed by atoms with Gasteiger partial charge >= 0.3 is 6.18 Å². The zero-order valence-electron chi connectivity index (χ0n) is 10.1. The monoisotopic (exact) mass is 406 g/mol. The van der Waals surface area contributed by atoms with Crippen molar-refractivity contribution in [3.05, 3.63) is 31.6 Å².